The van der Waals surface area contributed by atoms with E-state index in [2.05, 4.69) is 55.8 Å². The summed E-state index contributed by atoms with van der Waals surface area (Å²) >= 11 is 0. The second kappa shape index (κ2) is 4.69. The van der Waals surface area contributed by atoms with Gasteiger partial charge in [0, 0.05) is 16.2 Å². The minimum absolute atomic E-state index is 1.22. The zero-order chi connectivity index (χ0) is 12.5. The molecule has 0 radical (unpaired) electrons. The van der Waals surface area contributed by atoms with E-state index in [1.165, 1.54) is 30.2 Å². The Balaban J connectivity index is 2.57. The Labute approximate surface area is 105 Å². The van der Waals surface area contributed by atoms with E-state index in [1.54, 1.807) is 10.9 Å². The Morgan fingerprint density at radius 3 is 2.47 bits per heavy atom. The first-order valence-corrected chi connectivity index (χ1v) is 10.1. The molecule has 2 rings (SSSR count). The van der Waals surface area contributed by atoms with Gasteiger partial charge in [-0.15, -0.1) is 0 Å². The summed E-state index contributed by atoms with van der Waals surface area (Å²) in [5, 5.41) is 2.99. The first kappa shape index (κ1) is 12.4. The largest absolute Gasteiger partial charge is 0.362 e. The lowest BCUT2D eigenvalue weighted by Gasteiger charge is -2.17. The molecule has 1 heterocycles. The second-order valence-electron chi connectivity index (χ2n) is 5.88. The highest BCUT2D eigenvalue weighted by molar-refractivity contribution is 6.88. The fourth-order valence-electron chi connectivity index (χ4n) is 2.45. The molecule has 0 saturated carbocycles. The van der Waals surface area contributed by atoms with E-state index in [1.807, 2.05) is 0 Å². The maximum Gasteiger partial charge on any atom is 0.0985 e. The van der Waals surface area contributed by atoms with Crippen molar-refractivity contribution in [3.8, 4) is 0 Å². The first-order chi connectivity index (χ1) is 8.04. The second-order valence-corrected chi connectivity index (χ2v) is 10.9. The topological polar surface area (TPSA) is 15.8 Å². The number of nitrogens with one attached hydrogen (secondary N) is 1. The van der Waals surface area contributed by atoms with Gasteiger partial charge >= 0.3 is 0 Å². The lowest BCUT2D eigenvalue weighted by Crippen LogP contribution is -2.40. The Bertz CT molecular complexity index is 505. The molecule has 0 fully saturated rings. The van der Waals surface area contributed by atoms with E-state index in [-0.39, 0.29) is 0 Å². The Morgan fingerprint density at radius 2 is 1.82 bits per heavy atom. The lowest BCUT2D eigenvalue weighted by molar-refractivity contribution is 0.801. The van der Waals surface area contributed by atoms with Crippen LogP contribution in [0.5, 0.6) is 0 Å². The molecule has 0 aliphatic heterocycles. The molecule has 0 amide bonds. The van der Waals surface area contributed by atoms with Crippen molar-refractivity contribution in [1.29, 1.82) is 0 Å². The molecule has 0 aliphatic rings. The van der Waals surface area contributed by atoms with E-state index in [9.17, 15) is 0 Å². The third-order valence-corrected chi connectivity index (χ3v) is 5.27. The van der Waals surface area contributed by atoms with Crippen LogP contribution < -0.4 is 5.32 Å². The van der Waals surface area contributed by atoms with Gasteiger partial charge in [-0.25, -0.2) is 0 Å². The number of rotatable bonds is 4. The van der Waals surface area contributed by atoms with Crippen molar-refractivity contribution in [2.24, 2.45) is 0 Å². The standard InChI is InChI=1S/C15H23NSi/c1-5-6-9-13-12-10-7-8-11-14(12)16-15(13)17(2,3)4/h7-8,10-11,16H,5-6,9H2,1-4H3. The summed E-state index contributed by atoms with van der Waals surface area (Å²) in [6.07, 6.45) is 3.78. The van der Waals surface area contributed by atoms with Gasteiger partial charge in [-0.1, -0.05) is 51.2 Å². The molecule has 1 aromatic carbocycles. The third kappa shape index (κ3) is 2.47. The highest BCUT2D eigenvalue weighted by Crippen LogP contribution is 2.21. The van der Waals surface area contributed by atoms with Gasteiger partial charge < -0.3 is 4.98 Å². The van der Waals surface area contributed by atoms with E-state index < -0.39 is 8.07 Å². The molecular weight excluding hydrogens is 222 g/mol. The fraction of sp³-hybridized carbons (Fsp3) is 0.467. The van der Waals surface area contributed by atoms with Gasteiger partial charge in [0.2, 0.25) is 0 Å². The van der Waals surface area contributed by atoms with Crippen molar-refractivity contribution in [2.75, 3.05) is 0 Å². The molecule has 2 aromatic rings. The van der Waals surface area contributed by atoms with Crippen molar-refractivity contribution in [2.45, 2.75) is 45.8 Å². The number of hydrogen-bond donors (Lipinski definition) is 1. The van der Waals surface area contributed by atoms with Gasteiger partial charge in [-0.3, -0.25) is 0 Å². The number of hydrogen-bond acceptors (Lipinski definition) is 0. The summed E-state index contributed by atoms with van der Waals surface area (Å²) in [5.41, 5.74) is 2.90. The van der Waals surface area contributed by atoms with Gasteiger partial charge in [0.25, 0.3) is 0 Å². The monoisotopic (exact) mass is 245 g/mol. The zero-order valence-corrected chi connectivity index (χ0v) is 12.4. The lowest BCUT2D eigenvalue weighted by atomic mass is 10.1. The SMILES string of the molecule is CCCCc1c([Si](C)(C)C)[nH]c2ccccc12. The molecule has 0 unspecified atom stereocenters. The predicted molar refractivity (Wildman–Crippen MR) is 79.9 cm³/mol. The molecule has 0 aliphatic carbocycles. The van der Waals surface area contributed by atoms with Gasteiger partial charge in [0.15, 0.2) is 0 Å². The van der Waals surface area contributed by atoms with Gasteiger partial charge in [-0.2, -0.15) is 0 Å². The first-order valence-electron chi connectivity index (χ1n) is 6.64. The smallest absolute Gasteiger partial charge is 0.0985 e. The summed E-state index contributed by atoms with van der Waals surface area (Å²) in [7, 11) is -1.27. The Kier molecular flexibility index (Phi) is 3.43. The quantitative estimate of drug-likeness (QED) is 0.782. The zero-order valence-electron chi connectivity index (χ0n) is 11.4. The molecule has 0 bridgehead atoms. The van der Waals surface area contributed by atoms with Crippen molar-refractivity contribution < 1.29 is 0 Å². The molecule has 17 heavy (non-hydrogen) atoms. The van der Waals surface area contributed by atoms with Crippen LogP contribution in [0.1, 0.15) is 25.3 Å². The van der Waals surface area contributed by atoms with Crippen molar-refractivity contribution in [3.05, 3.63) is 29.8 Å². The van der Waals surface area contributed by atoms with Gasteiger partial charge in [0.05, 0.1) is 8.07 Å². The minimum atomic E-state index is -1.27. The number of H-pyrrole nitrogens is 1. The van der Waals surface area contributed by atoms with Crippen LogP contribution in [0.3, 0.4) is 0 Å². The van der Waals surface area contributed by atoms with Crippen LogP contribution in [0.4, 0.5) is 0 Å². The van der Waals surface area contributed by atoms with E-state index in [0.29, 0.717) is 0 Å². The maximum atomic E-state index is 3.67. The van der Waals surface area contributed by atoms with Crippen LogP contribution in [0.15, 0.2) is 24.3 Å². The minimum Gasteiger partial charge on any atom is -0.362 e. The number of unbranched alkanes of at least 4 members (excludes halogenated alkanes) is 1. The molecule has 0 saturated heterocycles. The molecule has 1 aromatic heterocycles. The number of aromatic amines is 1. The fourth-order valence-corrected chi connectivity index (χ4v) is 4.13. The number of fused-ring (bicyclic) bond motifs is 1. The average molecular weight is 245 g/mol. The number of aryl methyl sites for hydroxylation is 1. The highest BCUT2D eigenvalue weighted by Gasteiger charge is 2.23. The number of para-hydroxylation sites is 1. The molecule has 2 heteroatoms. The molecule has 92 valence electrons. The van der Waals surface area contributed by atoms with Crippen LogP contribution in [-0.2, 0) is 6.42 Å². The molecule has 0 atom stereocenters. The Morgan fingerprint density at radius 1 is 1.12 bits per heavy atom. The van der Waals surface area contributed by atoms with Crippen molar-refractivity contribution >= 4 is 24.3 Å². The van der Waals surface area contributed by atoms with Crippen molar-refractivity contribution in [3.63, 3.8) is 0 Å². The number of aromatic nitrogens is 1. The van der Waals surface area contributed by atoms with Gasteiger partial charge in [0.1, 0.15) is 0 Å². The third-order valence-electron chi connectivity index (χ3n) is 3.34. The van der Waals surface area contributed by atoms with E-state index in [4.69, 9.17) is 0 Å². The molecule has 1 nitrogen and oxygen atoms in total. The van der Waals surface area contributed by atoms with Crippen LogP contribution in [-0.4, -0.2) is 13.1 Å². The van der Waals surface area contributed by atoms with Crippen LogP contribution in [0, 0.1) is 0 Å². The van der Waals surface area contributed by atoms with Crippen LogP contribution in [0.2, 0.25) is 19.6 Å². The Hall–Kier alpha value is -1.02. The summed E-state index contributed by atoms with van der Waals surface area (Å²) in [6.45, 7) is 9.54. The van der Waals surface area contributed by atoms with Gasteiger partial charge in [-0.05, 0) is 24.5 Å². The molecule has 0 spiro atoms. The summed E-state index contributed by atoms with van der Waals surface area (Å²) in [4.78, 5) is 3.67. The van der Waals surface area contributed by atoms with Crippen molar-refractivity contribution in [1.82, 2.24) is 4.98 Å². The van der Waals surface area contributed by atoms with Crippen LogP contribution in [0.25, 0.3) is 10.9 Å². The maximum absolute atomic E-state index is 3.67. The van der Waals surface area contributed by atoms with E-state index >= 15 is 0 Å². The van der Waals surface area contributed by atoms with E-state index in [0.717, 1.165) is 0 Å². The van der Waals surface area contributed by atoms with Crippen LogP contribution >= 0.6 is 0 Å². The average Bonchev–Trinajstić information content (AvgIpc) is 2.65. The summed E-state index contributed by atoms with van der Waals surface area (Å²) in [5.74, 6) is 0. The summed E-state index contributed by atoms with van der Waals surface area (Å²) in [6, 6.07) is 8.74. The summed E-state index contributed by atoms with van der Waals surface area (Å²) < 4.78 is 0. The predicted octanol–water partition coefficient (Wildman–Crippen LogP) is 4.06. The molecular formula is C15H23NSi. The molecule has 1 N–H and O–H groups in total. The normalized spacial score (nSPS) is 12.2. The number of benzene rings is 1. The highest BCUT2D eigenvalue weighted by atomic mass is 28.3.